The second-order valence-corrected chi connectivity index (χ2v) is 9.40. The topological polar surface area (TPSA) is 54.5 Å². The zero-order valence-electron chi connectivity index (χ0n) is 10.2. The molecule has 1 fully saturated rings. The van der Waals surface area contributed by atoms with Gasteiger partial charge in [0.05, 0.1) is 8.81 Å². The van der Waals surface area contributed by atoms with Gasteiger partial charge in [-0.2, -0.15) is 4.31 Å². The van der Waals surface area contributed by atoms with Crippen molar-refractivity contribution < 1.29 is 13.2 Å². The van der Waals surface area contributed by atoms with Gasteiger partial charge in [-0.25, -0.2) is 8.42 Å². The number of hydrogen-bond acceptors (Lipinski definition) is 4. The van der Waals surface area contributed by atoms with Crippen LogP contribution >= 0.6 is 38.9 Å². The maximum atomic E-state index is 12.5. The molecule has 106 valence electrons. The van der Waals surface area contributed by atoms with Gasteiger partial charge in [0, 0.05) is 19.0 Å². The highest BCUT2D eigenvalue weighted by molar-refractivity contribution is 9.11. The average Bonchev–Trinajstić information content (AvgIpc) is 2.87. The van der Waals surface area contributed by atoms with Crippen LogP contribution in [0.15, 0.2) is 14.1 Å². The molecule has 8 heteroatoms. The number of nitrogens with zero attached hydrogens (tertiary/aromatic N) is 1. The molecule has 0 radical (unpaired) electrons. The first-order valence-corrected chi connectivity index (χ1v) is 9.21. The molecule has 1 aromatic heterocycles. The van der Waals surface area contributed by atoms with Gasteiger partial charge in [-0.05, 0) is 41.8 Å². The van der Waals surface area contributed by atoms with E-state index in [2.05, 4.69) is 15.9 Å². The highest BCUT2D eigenvalue weighted by Gasteiger charge is 2.36. The van der Waals surface area contributed by atoms with Gasteiger partial charge in [0.15, 0.2) is 0 Å². The van der Waals surface area contributed by atoms with Crippen molar-refractivity contribution in [1.82, 2.24) is 4.31 Å². The van der Waals surface area contributed by atoms with Crippen molar-refractivity contribution in [2.75, 3.05) is 6.54 Å². The summed E-state index contributed by atoms with van der Waals surface area (Å²) in [6.07, 6.45) is 1.80. The highest BCUT2D eigenvalue weighted by atomic mass is 79.9. The number of ketones is 1. The van der Waals surface area contributed by atoms with Gasteiger partial charge in [0.1, 0.15) is 9.99 Å². The average molecular weight is 387 g/mol. The minimum absolute atomic E-state index is 0.0116. The monoisotopic (exact) mass is 385 g/mol. The van der Waals surface area contributed by atoms with Crippen LogP contribution in [0.5, 0.6) is 0 Å². The van der Waals surface area contributed by atoms with E-state index in [0.29, 0.717) is 15.4 Å². The van der Waals surface area contributed by atoms with Gasteiger partial charge in [-0.1, -0.05) is 11.6 Å². The van der Waals surface area contributed by atoms with Crippen molar-refractivity contribution in [3.05, 3.63) is 14.9 Å². The number of halogens is 2. The molecule has 1 unspecified atom stereocenters. The summed E-state index contributed by atoms with van der Waals surface area (Å²) < 4.78 is 27.3. The van der Waals surface area contributed by atoms with Gasteiger partial charge >= 0.3 is 0 Å². The molecule has 0 amide bonds. The Labute approximate surface area is 129 Å². The van der Waals surface area contributed by atoms with E-state index in [-0.39, 0.29) is 22.5 Å². The number of thiophene rings is 1. The van der Waals surface area contributed by atoms with Crippen molar-refractivity contribution in [2.45, 2.75) is 36.4 Å². The standard InChI is InChI=1S/C11H13BrClNO3S2/c1-7(15)5-8-3-2-4-14(8)19(16,17)10-6-9(13)11(12)18-10/h6,8H,2-5H2,1H3. The summed E-state index contributed by atoms with van der Waals surface area (Å²) in [5.41, 5.74) is 0. The van der Waals surface area contributed by atoms with Crippen LogP contribution in [-0.2, 0) is 14.8 Å². The van der Waals surface area contributed by atoms with Crippen molar-refractivity contribution in [3.8, 4) is 0 Å². The number of carbonyl (C=O) groups excluding carboxylic acids is 1. The molecular weight excluding hydrogens is 374 g/mol. The maximum absolute atomic E-state index is 12.5. The van der Waals surface area contributed by atoms with Crippen LogP contribution in [0.25, 0.3) is 0 Å². The van der Waals surface area contributed by atoms with Crippen LogP contribution in [0.3, 0.4) is 0 Å². The molecule has 1 aromatic rings. The van der Waals surface area contributed by atoms with E-state index in [1.807, 2.05) is 0 Å². The van der Waals surface area contributed by atoms with E-state index in [1.54, 1.807) is 0 Å². The number of Topliss-reactive ketones (excluding diaryl/α,β-unsaturated/α-hetero) is 1. The number of rotatable bonds is 4. The van der Waals surface area contributed by atoms with Crippen LogP contribution in [0.2, 0.25) is 5.02 Å². The predicted molar refractivity (Wildman–Crippen MR) is 79.2 cm³/mol. The Kier molecular flexibility index (Phi) is 4.72. The smallest absolute Gasteiger partial charge is 0.252 e. The maximum Gasteiger partial charge on any atom is 0.252 e. The van der Waals surface area contributed by atoms with Gasteiger partial charge in [0.25, 0.3) is 10.0 Å². The second kappa shape index (κ2) is 5.81. The summed E-state index contributed by atoms with van der Waals surface area (Å²) in [7, 11) is -3.55. The lowest BCUT2D eigenvalue weighted by Crippen LogP contribution is -2.36. The summed E-state index contributed by atoms with van der Waals surface area (Å²) >= 11 is 10.2. The highest BCUT2D eigenvalue weighted by Crippen LogP contribution is 2.38. The molecule has 0 aromatic carbocycles. The van der Waals surface area contributed by atoms with E-state index in [4.69, 9.17) is 11.6 Å². The fourth-order valence-corrected chi connectivity index (χ4v) is 6.45. The van der Waals surface area contributed by atoms with Crippen LogP contribution < -0.4 is 0 Å². The van der Waals surface area contributed by atoms with Crippen molar-refractivity contribution >= 4 is 54.7 Å². The van der Waals surface area contributed by atoms with Crippen LogP contribution in [-0.4, -0.2) is 31.1 Å². The fourth-order valence-electron chi connectivity index (χ4n) is 2.23. The molecule has 1 atom stereocenters. The molecule has 1 aliphatic heterocycles. The third kappa shape index (κ3) is 3.21. The second-order valence-electron chi connectivity index (χ2n) is 4.51. The molecule has 0 saturated carbocycles. The van der Waals surface area contributed by atoms with E-state index >= 15 is 0 Å². The molecule has 0 bridgehead atoms. The minimum atomic E-state index is -3.55. The molecule has 1 saturated heterocycles. The molecule has 2 heterocycles. The molecule has 0 spiro atoms. The molecule has 0 N–H and O–H groups in total. The Hall–Kier alpha value is 0.0500. The van der Waals surface area contributed by atoms with Crippen molar-refractivity contribution in [2.24, 2.45) is 0 Å². The largest absolute Gasteiger partial charge is 0.300 e. The van der Waals surface area contributed by atoms with Gasteiger partial charge in [0.2, 0.25) is 0 Å². The normalized spacial score (nSPS) is 20.9. The Balaban J connectivity index is 2.30. The molecule has 2 rings (SSSR count). The van der Waals surface area contributed by atoms with Crippen molar-refractivity contribution in [3.63, 3.8) is 0 Å². The lowest BCUT2D eigenvalue weighted by molar-refractivity contribution is -0.117. The number of hydrogen-bond donors (Lipinski definition) is 0. The van der Waals surface area contributed by atoms with E-state index in [0.717, 1.165) is 24.2 Å². The molecule has 0 aliphatic carbocycles. The summed E-state index contributed by atoms with van der Waals surface area (Å²) in [6.45, 7) is 1.95. The van der Waals surface area contributed by atoms with E-state index in [1.165, 1.54) is 17.3 Å². The summed E-state index contributed by atoms with van der Waals surface area (Å²) in [5, 5.41) is 0.394. The predicted octanol–water partition coefficient (Wildman–Crippen LogP) is 3.30. The van der Waals surface area contributed by atoms with Crippen molar-refractivity contribution in [1.29, 1.82) is 0 Å². The first-order chi connectivity index (χ1) is 8.82. The SMILES string of the molecule is CC(=O)CC1CCCN1S(=O)(=O)c1cc(Cl)c(Br)s1. The Morgan fingerprint density at radius 3 is 2.84 bits per heavy atom. The first-order valence-electron chi connectivity index (χ1n) is 5.78. The lowest BCUT2D eigenvalue weighted by atomic mass is 10.1. The minimum Gasteiger partial charge on any atom is -0.300 e. The summed E-state index contributed by atoms with van der Waals surface area (Å²) in [4.78, 5) is 11.2. The summed E-state index contributed by atoms with van der Waals surface area (Å²) in [5.74, 6) is 0.0116. The molecule has 1 aliphatic rings. The molecular formula is C11H13BrClNO3S2. The lowest BCUT2D eigenvalue weighted by Gasteiger charge is -2.22. The van der Waals surface area contributed by atoms with Gasteiger partial charge in [-0.3, -0.25) is 4.79 Å². The molecule has 4 nitrogen and oxygen atoms in total. The van der Waals surface area contributed by atoms with Crippen LogP contribution in [0, 0.1) is 0 Å². The summed E-state index contributed by atoms with van der Waals surface area (Å²) in [6, 6.07) is 1.23. The Bertz CT molecular complexity index is 580. The Morgan fingerprint density at radius 2 is 2.32 bits per heavy atom. The fraction of sp³-hybridized carbons (Fsp3) is 0.545. The van der Waals surface area contributed by atoms with Gasteiger partial charge in [-0.15, -0.1) is 11.3 Å². The quantitative estimate of drug-likeness (QED) is 0.798. The zero-order valence-corrected chi connectivity index (χ0v) is 14.2. The molecule has 19 heavy (non-hydrogen) atoms. The number of carbonyl (C=O) groups is 1. The van der Waals surface area contributed by atoms with E-state index in [9.17, 15) is 13.2 Å². The zero-order chi connectivity index (χ0) is 14.2. The third-order valence-corrected chi connectivity index (χ3v) is 7.91. The third-order valence-electron chi connectivity index (χ3n) is 3.03. The van der Waals surface area contributed by atoms with E-state index < -0.39 is 10.0 Å². The van der Waals surface area contributed by atoms with Crippen LogP contribution in [0.4, 0.5) is 0 Å². The van der Waals surface area contributed by atoms with Gasteiger partial charge < -0.3 is 0 Å². The Morgan fingerprint density at radius 1 is 1.63 bits per heavy atom. The first kappa shape index (κ1) is 15.4. The van der Waals surface area contributed by atoms with Crippen LogP contribution in [0.1, 0.15) is 26.2 Å². The number of sulfonamides is 1.